The third kappa shape index (κ3) is 2.00. The highest BCUT2D eigenvalue weighted by Gasteiger charge is 2.38. The Bertz CT molecular complexity index is 671. The molecule has 0 unspecified atom stereocenters. The van der Waals surface area contributed by atoms with Crippen molar-refractivity contribution in [2.75, 3.05) is 0 Å². The first-order valence-corrected chi connectivity index (χ1v) is 6.59. The van der Waals surface area contributed by atoms with Crippen molar-refractivity contribution in [3.05, 3.63) is 0 Å². The van der Waals surface area contributed by atoms with Gasteiger partial charge in [0.2, 0.25) is 29.8 Å². The largest absolute Gasteiger partial charge is 0.368 e. The second-order valence-electron chi connectivity index (χ2n) is 4.81. The van der Waals surface area contributed by atoms with Crippen LogP contribution in [0.2, 0.25) is 0 Å². The van der Waals surface area contributed by atoms with Gasteiger partial charge in [-0.15, -0.1) is 0 Å². The van der Waals surface area contributed by atoms with Gasteiger partial charge in [-0.3, -0.25) is 0 Å². The fraction of sp³-hybridized carbons (Fsp3) is 0.455. The summed E-state index contributed by atoms with van der Waals surface area (Å²) in [6, 6.07) is 0. The van der Waals surface area contributed by atoms with Crippen LogP contribution in [0, 0.1) is 0 Å². The van der Waals surface area contributed by atoms with E-state index in [1.165, 1.54) is 4.90 Å². The van der Waals surface area contributed by atoms with Crippen LogP contribution < -0.4 is 17.2 Å². The molecule has 0 aromatic heterocycles. The van der Waals surface area contributed by atoms with Crippen molar-refractivity contribution in [2.45, 2.75) is 32.2 Å². The lowest BCUT2D eigenvalue weighted by molar-refractivity contribution is 0.522. The van der Waals surface area contributed by atoms with Crippen molar-refractivity contribution < 1.29 is 0 Å². The molecule has 0 atom stereocenters. The van der Waals surface area contributed by atoms with Gasteiger partial charge in [-0.25, -0.2) is 4.90 Å². The summed E-state index contributed by atoms with van der Waals surface area (Å²) in [4.78, 5) is 26.5. The zero-order valence-electron chi connectivity index (χ0n) is 11.8. The van der Waals surface area contributed by atoms with Gasteiger partial charge < -0.3 is 17.2 Å². The van der Waals surface area contributed by atoms with Crippen molar-refractivity contribution in [1.82, 2.24) is 4.90 Å². The predicted molar refractivity (Wildman–Crippen MR) is 82.3 cm³/mol. The maximum atomic E-state index is 6.35. The average Bonchev–Trinajstić information content (AvgIpc) is 2.45. The lowest BCUT2D eigenvalue weighted by Gasteiger charge is -2.33. The Kier molecular flexibility index (Phi) is 2.83. The summed E-state index contributed by atoms with van der Waals surface area (Å²) in [7, 11) is 0. The topological polar surface area (TPSA) is 155 Å². The van der Waals surface area contributed by atoms with E-state index in [1.54, 1.807) is 0 Å². The first-order valence-electron chi connectivity index (χ1n) is 6.59. The van der Waals surface area contributed by atoms with Crippen molar-refractivity contribution in [1.29, 1.82) is 0 Å². The van der Waals surface area contributed by atoms with Crippen LogP contribution in [0.3, 0.4) is 0 Å². The molecule has 0 aromatic carbocycles. The SMILES string of the molecule is CCC(N)(CC)C1=NC2=NC(N)=NC3=NC(N)=NC(=N1)N32. The standard InChI is InChI=1S/C11H16N10/c1-3-11(14,4-2)5-15-8-17-6(12)19-10-20-7(13)18-9(16-5)21(8)10/h3-4,14H2,1-2H3,(H4,12,13,15,16,17,18,19,20). The Labute approximate surface area is 121 Å². The molecule has 10 nitrogen and oxygen atoms in total. The molecule has 10 heteroatoms. The van der Waals surface area contributed by atoms with Crippen LogP contribution in [0.25, 0.3) is 0 Å². The second-order valence-corrected chi connectivity index (χ2v) is 4.81. The van der Waals surface area contributed by atoms with E-state index in [1.807, 2.05) is 13.8 Å². The number of hydrogen-bond donors (Lipinski definition) is 3. The molecule has 3 aliphatic rings. The molecule has 0 spiro atoms. The first kappa shape index (κ1) is 13.4. The van der Waals surface area contributed by atoms with E-state index < -0.39 is 5.54 Å². The summed E-state index contributed by atoms with van der Waals surface area (Å²) in [6.07, 6.45) is 1.35. The average molecular weight is 288 g/mol. The van der Waals surface area contributed by atoms with E-state index in [-0.39, 0.29) is 17.9 Å². The number of aliphatic imine (C=N–C) groups is 6. The van der Waals surface area contributed by atoms with Gasteiger partial charge in [0, 0.05) is 0 Å². The monoisotopic (exact) mass is 288 g/mol. The van der Waals surface area contributed by atoms with E-state index in [0.717, 1.165) is 0 Å². The minimum atomic E-state index is -0.663. The maximum Gasteiger partial charge on any atom is 0.246 e. The Morgan fingerprint density at radius 1 is 0.810 bits per heavy atom. The third-order valence-electron chi connectivity index (χ3n) is 3.58. The molecular weight excluding hydrogens is 272 g/mol. The minimum Gasteiger partial charge on any atom is -0.368 e. The molecule has 21 heavy (non-hydrogen) atoms. The molecule has 0 aromatic rings. The van der Waals surface area contributed by atoms with Crippen molar-refractivity contribution in [2.24, 2.45) is 47.2 Å². The maximum absolute atomic E-state index is 6.35. The predicted octanol–water partition coefficient (Wildman–Crippen LogP) is -1.06. The van der Waals surface area contributed by atoms with Crippen LogP contribution in [0.1, 0.15) is 26.7 Å². The van der Waals surface area contributed by atoms with Crippen LogP contribution >= 0.6 is 0 Å². The van der Waals surface area contributed by atoms with Gasteiger partial charge in [0.05, 0.1) is 5.54 Å². The molecule has 0 radical (unpaired) electrons. The molecule has 3 rings (SSSR count). The van der Waals surface area contributed by atoms with E-state index in [2.05, 4.69) is 30.0 Å². The fourth-order valence-electron chi connectivity index (χ4n) is 2.11. The summed E-state index contributed by atoms with van der Waals surface area (Å²) < 4.78 is 0. The van der Waals surface area contributed by atoms with Gasteiger partial charge in [-0.05, 0) is 12.8 Å². The number of guanidine groups is 5. The zero-order chi connectivity index (χ0) is 15.2. The molecule has 3 heterocycles. The van der Waals surface area contributed by atoms with E-state index >= 15 is 0 Å². The van der Waals surface area contributed by atoms with E-state index in [4.69, 9.17) is 17.2 Å². The Hall–Kier alpha value is -2.62. The quantitative estimate of drug-likeness (QED) is 0.605. The van der Waals surface area contributed by atoms with Gasteiger partial charge in [-0.2, -0.15) is 30.0 Å². The summed E-state index contributed by atoms with van der Waals surface area (Å²) in [5.74, 6) is 1.40. The number of nitrogens with zero attached hydrogens (tertiary/aromatic N) is 7. The molecular formula is C11H16N10. The molecule has 3 aliphatic heterocycles. The van der Waals surface area contributed by atoms with Crippen LogP contribution in [-0.4, -0.2) is 46.1 Å². The van der Waals surface area contributed by atoms with E-state index in [0.29, 0.717) is 30.6 Å². The Balaban J connectivity index is 2.16. The number of rotatable bonds is 3. The number of amidine groups is 1. The summed E-state index contributed by atoms with van der Waals surface area (Å²) in [5.41, 5.74) is 17.0. The Morgan fingerprint density at radius 3 is 1.81 bits per heavy atom. The molecule has 0 aliphatic carbocycles. The van der Waals surface area contributed by atoms with Crippen molar-refractivity contribution in [3.63, 3.8) is 0 Å². The van der Waals surface area contributed by atoms with E-state index in [9.17, 15) is 0 Å². The number of hydrogen-bond acceptors (Lipinski definition) is 10. The van der Waals surface area contributed by atoms with Gasteiger partial charge in [-0.1, -0.05) is 13.8 Å². The first-order chi connectivity index (χ1) is 9.96. The second kappa shape index (κ2) is 4.45. The molecule has 0 bridgehead atoms. The molecule has 0 saturated carbocycles. The minimum absolute atomic E-state index is 0.0506. The molecule has 110 valence electrons. The fourth-order valence-corrected chi connectivity index (χ4v) is 2.11. The summed E-state index contributed by atoms with van der Waals surface area (Å²) >= 11 is 0. The highest BCUT2D eigenvalue weighted by Crippen LogP contribution is 2.22. The lowest BCUT2D eigenvalue weighted by Crippen LogP contribution is -2.54. The smallest absolute Gasteiger partial charge is 0.246 e. The summed E-state index contributed by atoms with van der Waals surface area (Å²) in [5, 5.41) is 0. The third-order valence-corrected chi connectivity index (χ3v) is 3.58. The highest BCUT2D eigenvalue weighted by atomic mass is 15.5. The van der Waals surface area contributed by atoms with Gasteiger partial charge >= 0.3 is 0 Å². The van der Waals surface area contributed by atoms with Gasteiger partial charge in [0.25, 0.3) is 0 Å². The molecule has 0 saturated heterocycles. The van der Waals surface area contributed by atoms with Gasteiger partial charge in [0.15, 0.2) is 5.84 Å². The van der Waals surface area contributed by atoms with Crippen LogP contribution in [-0.2, 0) is 0 Å². The lowest BCUT2D eigenvalue weighted by atomic mass is 9.92. The highest BCUT2D eigenvalue weighted by molar-refractivity contribution is 6.30. The van der Waals surface area contributed by atoms with Crippen LogP contribution in [0.15, 0.2) is 30.0 Å². The van der Waals surface area contributed by atoms with Crippen molar-refractivity contribution >= 4 is 35.6 Å². The normalized spacial score (nSPS) is 20.6. The zero-order valence-corrected chi connectivity index (χ0v) is 11.8. The molecule has 0 amide bonds. The molecule has 0 fully saturated rings. The number of nitrogens with two attached hydrogens (primary N) is 3. The van der Waals surface area contributed by atoms with Crippen LogP contribution in [0.5, 0.6) is 0 Å². The van der Waals surface area contributed by atoms with Crippen LogP contribution in [0.4, 0.5) is 0 Å². The van der Waals surface area contributed by atoms with Crippen molar-refractivity contribution in [3.8, 4) is 0 Å². The summed E-state index contributed by atoms with van der Waals surface area (Å²) in [6.45, 7) is 3.95. The Morgan fingerprint density at radius 2 is 1.29 bits per heavy atom. The molecule has 6 N–H and O–H groups in total. The van der Waals surface area contributed by atoms with Gasteiger partial charge in [0.1, 0.15) is 0 Å².